The molecule has 1 amide bonds. The van der Waals surface area contributed by atoms with Crippen molar-refractivity contribution in [2.24, 2.45) is 0 Å². The quantitative estimate of drug-likeness (QED) is 0.660. The summed E-state index contributed by atoms with van der Waals surface area (Å²) >= 11 is 6.41. The topological polar surface area (TPSA) is 78.5 Å². The van der Waals surface area contributed by atoms with Crippen LogP contribution < -0.4 is 10.4 Å². The summed E-state index contributed by atoms with van der Waals surface area (Å²) in [6, 6.07) is -0.991. The average molecular weight is 284 g/mol. The normalized spacial score (nSPS) is 16.2. The number of carboxylic acid groups (broad SMARTS) is 1. The molecule has 0 spiro atoms. The van der Waals surface area contributed by atoms with Gasteiger partial charge < -0.3 is 19.7 Å². The van der Waals surface area contributed by atoms with Gasteiger partial charge in [-0.05, 0) is 20.5 Å². The van der Waals surface area contributed by atoms with E-state index < -0.39 is 17.5 Å². The van der Waals surface area contributed by atoms with E-state index >= 15 is 0 Å². The number of hydrogen-bond acceptors (Lipinski definition) is 6. The minimum atomic E-state index is -1.99. The zero-order valence-electron chi connectivity index (χ0n) is 9.39. The van der Waals surface area contributed by atoms with Gasteiger partial charge in [0, 0.05) is 6.61 Å². The fourth-order valence-electron chi connectivity index (χ4n) is 0.790. The lowest BCUT2D eigenvalue weighted by Crippen LogP contribution is -2.46. The summed E-state index contributed by atoms with van der Waals surface area (Å²) in [5.41, 5.74) is -1.99. The molecule has 1 N–H and O–H groups in total. The molecule has 0 saturated carbocycles. The van der Waals surface area contributed by atoms with Gasteiger partial charge in [0.05, 0.1) is 17.8 Å². The van der Waals surface area contributed by atoms with Crippen LogP contribution in [0.5, 0.6) is 0 Å². The average Bonchev–Trinajstić information content (AvgIpc) is 2.14. The van der Waals surface area contributed by atoms with Gasteiger partial charge in [-0.15, -0.1) is 0 Å². The Morgan fingerprint density at radius 3 is 2.62 bits per heavy atom. The van der Waals surface area contributed by atoms with Crippen LogP contribution in [0.25, 0.3) is 0 Å². The molecule has 5 nitrogen and oxygen atoms in total. The predicted molar refractivity (Wildman–Crippen MR) is 66.9 cm³/mol. The van der Waals surface area contributed by atoms with Crippen LogP contribution in [0.15, 0.2) is 0 Å². The maximum atomic E-state index is 11.3. The van der Waals surface area contributed by atoms with Gasteiger partial charge in [0.1, 0.15) is 5.47 Å². The summed E-state index contributed by atoms with van der Waals surface area (Å²) in [5.74, 6) is -1.58. The van der Waals surface area contributed by atoms with Crippen LogP contribution in [0.1, 0.15) is 13.8 Å². The number of carbonyl (C=O) groups excluding carboxylic acids is 2. The third-order valence-corrected chi connectivity index (χ3v) is 6.49. The molecule has 0 heterocycles. The Morgan fingerprint density at radius 1 is 1.62 bits per heavy atom. The van der Waals surface area contributed by atoms with Crippen molar-refractivity contribution < 1.29 is 19.2 Å². The van der Waals surface area contributed by atoms with E-state index in [0.717, 1.165) is 0 Å². The maximum Gasteiger partial charge on any atom is 0.230 e. The van der Waals surface area contributed by atoms with E-state index in [2.05, 4.69) is 5.32 Å². The minimum absolute atomic E-state index is 0.103. The molecule has 0 aliphatic rings. The van der Waals surface area contributed by atoms with Crippen molar-refractivity contribution in [2.75, 3.05) is 19.0 Å². The lowest BCUT2D eigenvalue weighted by atomic mass is 10.3. The highest BCUT2D eigenvalue weighted by Crippen LogP contribution is 2.56. The van der Waals surface area contributed by atoms with Gasteiger partial charge in [-0.25, -0.2) is 0 Å². The first-order valence-electron chi connectivity index (χ1n) is 4.65. The third-order valence-electron chi connectivity index (χ3n) is 1.52. The summed E-state index contributed by atoms with van der Waals surface area (Å²) in [6.07, 6.45) is 0. The molecule has 16 heavy (non-hydrogen) atoms. The van der Waals surface area contributed by atoms with E-state index in [-0.39, 0.29) is 11.7 Å². The Balaban J connectivity index is 3.99. The van der Waals surface area contributed by atoms with Crippen molar-refractivity contribution in [1.82, 2.24) is 5.32 Å². The molecular weight excluding hydrogens is 269 g/mol. The van der Waals surface area contributed by atoms with E-state index in [1.54, 1.807) is 6.66 Å². The number of nitrogens with one attached hydrogen (secondary N) is 1. The first-order chi connectivity index (χ1) is 7.28. The van der Waals surface area contributed by atoms with E-state index in [9.17, 15) is 14.7 Å². The van der Waals surface area contributed by atoms with Gasteiger partial charge in [0.25, 0.3) is 0 Å². The van der Waals surface area contributed by atoms with Crippen molar-refractivity contribution in [1.29, 1.82) is 0 Å². The number of hydrogen-bond donors (Lipinski definition) is 1. The zero-order chi connectivity index (χ0) is 12.8. The summed E-state index contributed by atoms with van der Waals surface area (Å²) in [4.78, 5) is 21.7. The van der Waals surface area contributed by atoms with Crippen LogP contribution in [0.2, 0.25) is 0 Å². The van der Waals surface area contributed by atoms with Crippen molar-refractivity contribution in [3.8, 4) is 0 Å². The third kappa shape index (κ3) is 7.22. The summed E-state index contributed by atoms with van der Waals surface area (Å²) in [5, 5.41) is 12.7. The number of carboxylic acids is 1. The molecular formula is C8H15NO4PS2-. The molecule has 0 fully saturated rings. The number of amides is 1. The molecule has 94 valence electrons. The van der Waals surface area contributed by atoms with Gasteiger partial charge in [0.15, 0.2) is 0 Å². The number of carbonyl (C=O) groups is 2. The van der Waals surface area contributed by atoms with Crippen LogP contribution in [-0.4, -0.2) is 36.9 Å². The summed E-state index contributed by atoms with van der Waals surface area (Å²) < 4.78 is 5.31. The molecule has 0 saturated heterocycles. The molecule has 2 atom stereocenters. The van der Waals surface area contributed by atoms with Gasteiger partial charge in [-0.3, -0.25) is 4.79 Å². The van der Waals surface area contributed by atoms with E-state index in [1.165, 1.54) is 18.3 Å². The second-order valence-electron chi connectivity index (χ2n) is 3.07. The Bertz CT molecular complexity index is 310. The van der Waals surface area contributed by atoms with E-state index in [0.29, 0.717) is 6.61 Å². The summed E-state index contributed by atoms with van der Waals surface area (Å²) in [7, 11) is 0. The van der Waals surface area contributed by atoms with Crippen LogP contribution in [0.4, 0.5) is 0 Å². The molecule has 0 aromatic heterocycles. The zero-order valence-corrected chi connectivity index (χ0v) is 11.9. The van der Waals surface area contributed by atoms with Crippen molar-refractivity contribution in [2.45, 2.75) is 19.9 Å². The molecule has 0 bridgehead atoms. The van der Waals surface area contributed by atoms with Crippen LogP contribution in [-0.2, 0) is 25.9 Å². The van der Waals surface area contributed by atoms with Gasteiger partial charge in [0.2, 0.25) is 5.91 Å². The van der Waals surface area contributed by atoms with E-state index in [4.69, 9.17) is 16.3 Å². The number of aliphatic carboxylic acids is 1. The van der Waals surface area contributed by atoms with Crippen molar-refractivity contribution in [3.63, 3.8) is 0 Å². The second-order valence-corrected chi connectivity index (χ2v) is 11.1. The molecule has 0 aliphatic heterocycles. The second kappa shape index (κ2) is 7.27. The minimum Gasteiger partial charge on any atom is -0.548 e. The van der Waals surface area contributed by atoms with E-state index in [1.807, 2.05) is 6.92 Å². The Morgan fingerprint density at radius 2 is 2.19 bits per heavy atom. The fraction of sp³-hybridized carbons (Fsp3) is 0.750. The molecule has 0 aromatic rings. The SMILES string of the molecule is CCO[P@@](C)(=S)SCC(=O)N[C@@H](C)C(=O)[O-]. The molecule has 0 rings (SSSR count). The van der Waals surface area contributed by atoms with Gasteiger partial charge >= 0.3 is 0 Å². The predicted octanol–water partition coefficient (Wildman–Crippen LogP) is -0.0500. The molecule has 0 radical (unpaired) electrons. The standard InChI is InChI=1S/C8H16NO4PS2/c1-4-13-14(3,15)16-5-7(10)9-6(2)8(11)12/h6H,4-5H2,1-3H3,(H,9,10)(H,11,12)/p-1/t6-,14-/m0/s1. The summed E-state index contributed by atoms with van der Waals surface area (Å²) in [6.45, 7) is 5.48. The molecule has 8 heteroatoms. The molecule has 0 aromatic carbocycles. The van der Waals surface area contributed by atoms with Crippen molar-refractivity contribution >= 4 is 40.5 Å². The Kier molecular flexibility index (Phi) is 7.22. The van der Waals surface area contributed by atoms with Crippen LogP contribution in [0, 0.1) is 0 Å². The monoisotopic (exact) mass is 284 g/mol. The van der Waals surface area contributed by atoms with Gasteiger partial charge in [-0.2, -0.15) is 0 Å². The Hall–Kier alpha value is -0.100. The Labute approximate surface area is 104 Å². The molecule has 0 unspecified atom stereocenters. The van der Waals surface area contributed by atoms with Crippen LogP contribution in [0.3, 0.4) is 0 Å². The largest absolute Gasteiger partial charge is 0.548 e. The lowest BCUT2D eigenvalue weighted by Gasteiger charge is -2.17. The first-order valence-corrected chi connectivity index (χ1v) is 9.41. The first kappa shape index (κ1) is 15.9. The van der Waals surface area contributed by atoms with Crippen molar-refractivity contribution in [3.05, 3.63) is 0 Å². The smallest absolute Gasteiger partial charge is 0.230 e. The lowest BCUT2D eigenvalue weighted by molar-refractivity contribution is -0.307. The highest BCUT2D eigenvalue weighted by molar-refractivity contribution is 8.69. The molecule has 0 aliphatic carbocycles. The maximum absolute atomic E-state index is 11.3. The van der Waals surface area contributed by atoms with Crippen LogP contribution >= 0.6 is 16.8 Å². The number of rotatable bonds is 7. The fourth-order valence-corrected chi connectivity index (χ4v) is 4.15. The highest BCUT2D eigenvalue weighted by atomic mass is 32.9. The van der Waals surface area contributed by atoms with Gasteiger partial charge in [-0.1, -0.05) is 23.2 Å². The highest BCUT2D eigenvalue weighted by Gasteiger charge is 2.14.